The molecule has 0 heterocycles. The Morgan fingerprint density at radius 1 is 1.47 bits per heavy atom. The highest BCUT2D eigenvalue weighted by atomic mass is 19.1. The van der Waals surface area contributed by atoms with Gasteiger partial charge in [0, 0.05) is 18.8 Å². The van der Waals surface area contributed by atoms with E-state index in [9.17, 15) is 9.50 Å². The van der Waals surface area contributed by atoms with Gasteiger partial charge in [-0.25, -0.2) is 4.39 Å². The Labute approximate surface area is 89.5 Å². The van der Waals surface area contributed by atoms with Crippen LogP contribution in [0.15, 0.2) is 24.3 Å². The molecule has 4 heteroatoms. The first-order valence-corrected chi connectivity index (χ1v) is 4.90. The normalized spacial score (nSPS) is 12.9. The van der Waals surface area contributed by atoms with Crippen molar-refractivity contribution >= 4 is 5.69 Å². The lowest BCUT2D eigenvalue weighted by Crippen LogP contribution is -2.31. The largest absolute Gasteiger partial charge is 0.390 e. The van der Waals surface area contributed by atoms with E-state index in [-0.39, 0.29) is 5.82 Å². The number of aliphatic hydroxyl groups excluding tert-OH is 1. The van der Waals surface area contributed by atoms with Gasteiger partial charge in [0.15, 0.2) is 0 Å². The van der Waals surface area contributed by atoms with E-state index in [2.05, 4.69) is 5.32 Å². The van der Waals surface area contributed by atoms with Crippen LogP contribution in [0.25, 0.3) is 0 Å². The number of likely N-dealkylation sites (N-methyl/N-ethyl adjacent to an activating group) is 1. The number of nitrogens with one attached hydrogen (secondary N) is 1. The molecule has 0 aliphatic carbocycles. The molecule has 1 atom stereocenters. The van der Waals surface area contributed by atoms with E-state index in [1.54, 1.807) is 12.1 Å². The van der Waals surface area contributed by atoms with Crippen molar-refractivity contribution < 1.29 is 9.50 Å². The molecule has 0 amide bonds. The molecule has 0 fully saturated rings. The van der Waals surface area contributed by atoms with Crippen LogP contribution in [0.1, 0.15) is 0 Å². The van der Waals surface area contributed by atoms with E-state index in [1.807, 2.05) is 19.0 Å². The molecule has 0 aliphatic heterocycles. The maximum absolute atomic E-state index is 12.8. The van der Waals surface area contributed by atoms with Crippen LogP contribution in [0.3, 0.4) is 0 Å². The van der Waals surface area contributed by atoms with Crippen molar-refractivity contribution in [1.29, 1.82) is 0 Å². The molecule has 15 heavy (non-hydrogen) atoms. The summed E-state index contributed by atoms with van der Waals surface area (Å²) in [6.45, 7) is 1.00. The van der Waals surface area contributed by atoms with Crippen molar-refractivity contribution in [2.45, 2.75) is 6.10 Å². The fourth-order valence-electron chi connectivity index (χ4n) is 1.32. The molecule has 0 aliphatic rings. The summed E-state index contributed by atoms with van der Waals surface area (Å²) in [6, 6.07) is 6.20. The van der Waals surface area contributed by atoms with E-state index in [1.165, 1.54) is 12.1 Å². The highest BCUT2D eigenvalue weighted by Crippen LogP contribution is 2.08. The van der Waals surface area contributed by atoms with Crippen LogP contribution in [0.4, 0.5) is 10.1 Å². The van der Waals surface area contributed by atoms with Gasteiger partial charge in [0.1, 0.15) is 5.82 Å². The Morgan fingerprint density at radius 3 is 2.80 bits per heavy atom. The Hall–Kier alpha value is -1.13. The minimum atomic E-state index is -0.455. The Kier molecular flexibility index (Phi) is 4.52. The quantitative estimate of drug-likeness (QED) is 0.769. The van der Waals surface area contributed by atoms with Crippen LogP contribution in [0, 0.1) is 5.82 Å². The Morgan fingerprint density at radius 2 is 2.20 bits per heavy atom. The lowest BCUT2D eigenvalue weighted by atomic mass is 10.3. The van der Waals surface area contributed by atoms with Gasteiger partial charge >= 0.3 is 0 Å². The van der Waals surface area contributed by atoms with E-state index in [4.69, 9.17) is 0 Å². The summed E-state index contributed by atoms with van der Waals surface area (Å²) in [6.07, 6.45) is -0.455. The van der Waals surface area contributed by atoms with Gasteiger partial charge in [-0.2, -0.15) is 0 Å². The zero-order valence-corrected chi connectivity index (χ0v) is 9.07. The molecule has 0 saturated carbocycles. The molecular weight excluding hydrogens is 195 g/mol. The third-order valence-corrected chi connectivity index (χ3v) is 1.94. The standard InChI is InChI=1S/C11H17FN2O/c1-14(2)8-11(15)7-13-10-5-3-4-9(12)6-10/h3-6,11,13,15H,7-8H2,1-2H3. The van der Waals surface area contributed by atoms with Gasteiger partial charge in [-0.3, -0.25) is 0 Å². The highest BCUT2D eigenvalue weighted by Gasteiger charge is 2.04. The summed E-state index contributed by atoms with van der Waals surface area (Å²) >= 11 is 0. The monoisotopic (exact) mass is 212 g/mol. The van der Waals surface area contributed by atoms with E-state index >= 15 is 0 Å². The molecule has 1 aromatic carbocycles. The van der Waals surface area contributed by atoms with Gasteiger partial charge in [-0.05, 0) is 32.3 Å². The Balaban J connectivity index is 2.36. The average Bonchev–Trinajstić information content (AvgIpc) is 2.14. The van der Waals surface area contributed by atoms with E-state index < -0.39 is 6.10 Å². The van der Waals surface area contributed by atoms with Gasteiger partial charge in [-0.15, -0.1) is 0 Å². The summed E-state index contributed by atoms with van der Waals surface area (Å²) in [7, 11) is 3.79. The summed E-state index contributed by atoms with van der Waals surface area (Å²) in [5.41, 5.74) is 0.688. The number of rotatable bonds is 5. The van der Waals surface area contributed by atoms with Gasteiger partial charge in [0.25, 0.3) is 0 Å². The third kappa shape index (κ3) is 4.76. The molecule has 0 spiro atoms. The van der Waals surface area contributed by atoms with Crippen LogP contribution in [0.2, 0.25) is 0 Å². The number of hydrogen-bond donors (Lipinski definition) is 2. The van der Waals surface area contributed by atoms with E-state index in [0.29, 0.717) is 18.8 Å². The molecule has 84 valence electrons. The minimum Gasteiger partial charge on any atom is -0.390 e. The molecule has 3 nitrogen and oxygen atoms in total. The predicted molar refractivity (Wildman–Crippen MR) is 59.5 cm³/mol. The first-order chi connectivity index (χ1) is 7.08. The smallest absolute Gasteiger partial charge is 0.125 e. The number of aliphatic hydroxyl groups is 1. The number of benzene rings is 1. The summed E-state index contributed by atoms with van der Waals surface area (Å²) in [5, 5.41) is 12.5. The lowest BCUT2D eigenvalue weighted by Gasteiger charge is -2.16. The number of halogens is 1. The fraction of sp³-hybridized carbons (Fsp3) is 0.455. The average molecular weight is 212 g/mol. The minimum absolute atomic E-state index is 0.276. The number of nitrogens with zero attached hydrogens (tertiary/aromatic N) is 1. The van der Waals surface area contributed by atoms with Gasteiger partial charge in [-0.1, -0.05) is 6.07 Å². The van der Waals surface area contributed by atoms with Crippen molar-refractivity contribution in [2.75, 3.05) is 32.5 Å². The molecule has 1 unspecified atom stereocenters. The fourth-order valence-corrected chi connectivity index (χ4v) is 1.32. The first kappa shape index (κ1) is 11.9. The number of hydrogen-bond acceptors (Lipinski definition) is 3. The van der Waals surface area contributed by atoms with E-state index in [0.717, 1.165) is 0 Å². The maximum Gasteiger partial charge on any atom is 0.125 e. The molecule has 0 radical (unpaired) electrons. The summed E-state index contributed by atoms with van der Waals surface area (Å²) in [4.78, 5) is 1.90. The summed E-state index contributed by atoms with van der Waals surface area (Å²) < 4.78 is 12.8. The van der Waals surface area contributed by atoms with Crippen molar-refractivity contribution in [1.82, 2.24) is 4.90 Å². The van der Waals surface area contributed by atoms with Crippen molar-refractivity contribution in [3.63, 3.8) is 0 Å². The molecule has 0 saturated heterocycles. The zero-order valence-electron chi connectivity index (χ0n) is 9.07. The van der Waals surface area contributed by atoms with Gasteiger partial charge < -0.3 is 15.3 Å². The third-order valence-electron chi connectivity index (χ3n) is 1.94. The topological polar surface area (TPSA) is 35.5 Å². The maximum atomic E-state index is 12.8. The van der Waals surface area contributed by atoms with Gasteiger partial charge in [0.2, 0.25) is 0 Å². The van der Waals surface area contributed by atoms with Gasteiger partial charge in [0.05, 0.1) is 6.10 Å². The highest BCUT2D eigenvalue weighted by molar-refractivity contribution is 5.43. The predicted octanol–water partition coefficient (Wildman–Crippen LogP) is 1.16. The molecule has 1 rings (SSSR count). The van der Waals surface area contributed by atoms with Crippen molar-refractivity contribution in [3.8, 4) is 0 Å². The zero-order chi connectivity index (χ0) is 11.3. The SMILES string of the molecule is CN(C)CC(O)CNc1cccc(F)c1. The molecule has 2 N–H and O–H groups in total. The van der Waals surface area contributed by atoms with Crippen LogP contribution >= 0.6 is 0 Å². The van der Waals surface area contributed by atoms with Crippen LogP contribution < -0.4 is 5.32 Å². The second-order valence-electron chi connectivity index (χ2n) is 3.81. The summed E-state index contributed by atoms with van der Waals surface area (Å²) in [5.74, 6) is -0.276. The molecule has 0 bridgehead atoms. The first-order valence-electron chi connectivity index (χ1n) is 4.90. The van der Waals surface area contributed by atoms with Crippen LogP contribution in [0.5, 0.6) is 0 Å². The van der Waals surface area contributed by atoms with Crippen LogP contribution in [-0.4, -0.2) is 43.3 Å². The van der Waals surface area contributed by atoms with Crippen molar-refractivity contribution in [3.05, 3.63) is 30.1 Å². The van der Waals surface area contributed by atoms with Crippen molar-refractivity contribution in [2.24, 2.45) is 0 Å². The Bertz CT molecular complexity index is 304. The molecule has 1 aromatic rings. The number of anilines is 1. The molecular formula is C11H17FN2O. The second kappa shape index (κ2) is 5.68. The van der Waals surface area contributed by atoms with Crippen LogP contribution in [-0.2, 0) is 0 Å². The molecule has 0 aromatic heterocycles. The lowest BCUT2D eigenvalue weighted by molar-refractivity contribution is 0.148. The second-order valence-corrected chi connectivity index (χ2v) is 3.81.